The van der Waals surface area contributed by atoms with Crippen LogP contribution in [0.25, 0.3) is 10.2 Å². The van der Waals surface area contributed by atoms with E-state index >= 15 is 0 Å². The van der Waals surface area contributed by atoms with Crippen molar-refractivity contribution in [2.24, 2.45) is 0 Å². The number of hydrogen-bond donors (Lipinski definition) is 3. The highest BCUT2D eigenvalue weighted by Crippen LogP contribution is 2.32. The van der Waals surface area contributed by atoms with Crippen LogP contribution in [0.5, 0.6) is 0 Å². The van der Waals surface area contributed by atoms with Gasteiger partial charge in [-0.05, 0) is 31.9 Å². The minimum atomic E-state index is -0.334. The summed E-state index contributed by atoms with van der Waals surface area (Å²) in [5.74, 6) is -0.501. The number of nitrogens with two attached hydrogens (primary N) is 1. The molecule has 0 unspecified atom stereocenters. The Morgan fingerprint density at radius 1 is 1.43 bits per heavy atom. The number of aryl methyl sites for hydroxylation is 1. The number of nitrogens with one attached hydrogen (secondary N) is 2. The number of rotatable bonds is 4. The van der Waals surface area contributed by atoms with E-state index in [9.17, 15) is 9.59 Å². The van der Waals surface area contributed by atoms with E-state index in [1.807, 2.05) is 19.1 Å². The zero-order valence-electron chi connectivity index (χ0n) is 11.6. The Labute approximate surface area is 125 Å². The van der Waals surface area contributed by atoms with E-state index in [1.54, 1.807) is 0 Å². The molecule has 110 valence electrons. The summed E-state index contributed by atoms with van der Waals surface area (Å²) in [6.07, 6.45) is 2.04. The third-order valence-corrected chi connectivity index (χ3v) is 4.41. The van der Waals surface area contributed by atoms with E-state index in [0.29, 0.717) is 10.6 Å². The highest BCUT2D eigenvalue weighted by atomic mass is 32.1. The minimum absolute atomic E-state index is 0.0323. The number of nitrogens with zero attached hydrogens (tertiary/aromatic N) is 1. The molecule has 3 rings (SSSR count). The van der Waals surface area contributed by atoms with Crippen LogP contribution in [-0.4, -0.2) is 29.4 Å². The number of carbonyl (C=O) groups is 2. The Hall–Kier alpha value is -2.15. The van der Waals surface area contributed by atoms with Crippen LogP contribution >= 0.6 is 11.3 Å². The van der Waals surface area contributed by atoms with Crippen molar-refractivity contribution in [3.8, 4) is 0 Å². The lowest BCUT2D eigenvalue weighted by Crippen LogP contribution is -2.37. The first-order chi connectivity index (χ1) is 10.0. The van der Waals surface area contributed by atoms with Crippen LogP contribution in [0.1, 0.15) is 28.2 Å². The van der Waals surface area contributed by atoms with Gasteiger partial charge in [0.2, 0.25) is 5.91 Å². The van der Waals surface area contributed by atoms with Crippen LogP contribution in [0.3, 0.4) is 0 Å². The highest BCUT2D eigenvalue weighted by molar-refractivity contribution is 7.21. The van der Waals surface area contributed by atoms with Gasteiger partial charge in [0.1, 0.15) is 9.71 Å². The lowest BCUT2D eigenvalue weighted by atomic mass is 10.2. The number of pyridine rings is 1. The molecule has 6 nitrogen and oxygen atoms in total. The summed E-state index contributed by atoms with van der Waals surface area (Å²) in [5.41, 5.74) is 7.29. The summed E-state index contributed by atoms with van der Waals surface area (Å²) in [6.45, 7) is 1.85. The normalized spacial score (nSPS) is 14.1. The summed E-state index contributed by atoms with van der Waals surface area (Å²) < 4.78 is 0. The van der Waals surface area contributed by atoms with Crippen molar-refractivity contribution in [1.29, 1.82) is 0 Å². The first-order valence-electron chi connectivity index (χ1n) is 6.78. The molecule has 1 fully saturated rings. The molecule has 2 heterocycles. The second-order valence-electron chi connectivity index (χ2n) is 5.17. The fourth-order valence-electron chi connectivity index (χ4n) is 2.01. The van der Waals surface area contributed by atoms with E-state index in [4.69, 9.17) is 5.73 Å². The molecule has 2 aromatic rings. The van der Waals surface area contributed by atoms with Crippen LogP contribution in [0, 0.1) is 6.92 Å². The van der Waals surface area contributed by atoms with Crippen molar-refractivity contribution in [2.45, 2.75) is 25.8 Å². The van der Waals surface area contributed by atoms with Gasteiger partial charge in [0.15, 0.2) is 0 Å². The van der Waals surface area contributed by atoms with Crippen LogP contribution in [0.4, 0.5) is 5.69 Å². The van der Waals surface area contributed by atoms with Crippen molar-refractivity contribution in [3.63, 3.8) is 0 Å². The molecule has 2 amide bonds. The topological polar surface area (TPSA) is 97.1 Å². The minimum Gasteiger partial charge on any atom is -0.397 e. The van der Waals surface area contributed by atoms with Gasteiger partial charge in [-0.1, -0.05) is 0 Å². The van der Waals surface area contributed by atoms with Crippen molar-refractivity contribution >= 4 is 39.1 Å². The fourth-order valence-corrected chi connectivity index (χ4v) is 3.06. The second kappa shape index (κ2) is 5.33. The van der Waals surface area contributed by atoms with Gasteiger partial charge in [0, 0.05) is 17.1 Å². The molecule has 0 aromatic carbocycles. The average Bonchev–Trinajstić information content (AvgIpc) is 3.19. The molecule has 7 heteroatoms. The predicted molar refractivity (Wildman–Crippen MR) is 82.3 cm³/mol. The molecule has 21 heavy (non-hydrogen) atoms. The number of aromatic nitrogens is 1. The lowest BCUT2D eigenvalue weighted by molar-refractivity contribution is -0.120. The molecule has 0 saturated heterocycles. The van der Waals surface area contributed by atoms with E-state index in [2.05, 4.69) is 15.6 Å². The molecule has 1 aliphatic rings. The van der Waals surface area contributed by atoms with Crippen molar-refractivity contribution in [3.05, 3.63) is 22.7 Å². The molecular formula is C14H16N4O2S. The lowest BCUT2D eigenvalue weighted by Gasteiger charge is -2.05. The second-order valence-corrected chi connectivity index (χ2v) is 6.17. The molecule has 2 aromatic heterocycles. The molecule has 0 radical (unpaired) electrons. The van der Waals surface area contributed by atoms with Crippen LogP contribution < -0.4 is 16.4 Å². The average molecular weight is 304 g/mol. The molecule has 4 N–H and O–H groups in total. The Morgan fingerprint density at radius 2 is 2.19 bits per heavy atom. The summed E-state index contributed by atoms with van der Waals surface area (Å²) in [5, 5.41) is 6.19. The highest BCUT2D eigenvalue weighted by Gasteiger charge is 2.23. The maximum absolute atomic E-state index is 12.1. The number of thiophene rings is 1. The van der Waals surface area contributed by atoms with Gasteiger partial charge in [0.05, 0.1) is 12.2 Å². The van der Waals surface area contributed by atoms with E-state index in [1.165, 1.54) is 11.3 Å². The molecule has 0 bridgehead atoms. The number of nitrogen functional groups attached to an aromatic ring is 1. The zero-order chi connectivity index (χ0) is 15.0. The smallest absolute Gasteiger partial charge is 0.264 e. The van der Waals surface area contributed by atoms with E-state index in [0.717, 1.165) is 28.8 Å². The first-order valence-corrected chi connectivity index (χ1v) is 7.59. The zero-order valence-corrected chi connectivity index (χ0v) is 12.4. The van der Waals surface area contributed by atoms with Crippen molar-refractivity contribution in [1.82, 2.24) is 15.6 Å². The first kappa shape index (κ1) is 13.8. The van der Waals surface area contributed by atoms with E-state index < -0.39 is 0 Å². The van der Waals surface area contributed by atoms with Gasteiger partial charge < -0.3 is 16.4 Å². The maximum atomic E-state index is 12.1. The standard InChI is InChI=1S/C14H16N4O2S/c1-7-2-5-9-11(15)12(21-14(9)17-7)13(20)16-6-10(19)18-8-3-4-8/h2,5,8H,3-4,6,15H2,1H3,(H,16,20)(H,18,19). The largest absolute Gasteiger partial charge is 0.397 e. The number of fused-ring (bicyclic) bond motifs is 1. The van der Waals surface area contributed by atoms with Gasteiger partial charge in [-0.25, -0.2) is 4.98 Å². The van der Waals surface area contributed by atoms with Crippen molar-refractivity contribution < 1.29 is 9.59 Å². The summed E-state index contributed by atoms with van der Waals surface area (Å²) in [4.78, 5) is 29.2. The summed E-state index contributed by atoms with van der Waals surface area (Å²) >= 11 is 1.24. The summed E-state index contributed by atoms with van der Waals surface area (Å²) in [6, 6.07) is 4.01. The van der Waals surface area contributed by atoms with Gasteiger partial charge >= 0.3 is 0 Å². The van der Waals surface area contributed by atoms with Crippen LogP contribution in [-0.2, 0) is 4.79 Å². The SMILES string of the molecule is Cc1ccc2c(N)c(C(=O)NCC(=O)NC3CC3)sc2n1. The van der Waals surface area contributed by atoms with Gasteiger partial charge in [-0.15, -0.1) is 11.3 Å². The number of hydrogen-bond acceptors (Lipinski definition) is 5. The quantitative estimate of drug-likeness (QED) is 0.790. The number of anilines is 1. The monoisotopic (exact) mass is 304 g/mol. The van der Waals surface area contributed by atoms with Crippen molar-refractivity contribution in [2.75, 3.05) is 12.3 Å². The molecule has 0 aliphatic heterocycles. The van der Waals surface area contributed by atoms with Crippen LogP contribution in [0.15, 0.2) is 12.1 Å². The molecule has 0 atom stereocenters. The third-order valence-electron chi connectivity index (χ3n) is 3.29. The van der Waals surface area contributed by atoms with Gasteiger partial charge in [-0.2, -0.15) is 0 Å². The maximum Gasteiger partial charge on any atom is 0.264 e. The Morgan fingerprint density at radius 3 is 2.90 bits per heavy atom. The summed E-state index contributed by atoms with van der Waals surface area (Å²) in [7, 11) is 0. The van der Waals surface area contributed by atoms with E-state index in [-0.39, 0.29) is 24.4 Å². The molecule has 0 spiro atoms. The molecule has 1 saturated carbocycles. The molecular weight excluding hydrogens is 288 g/mol. The predicted octanol–water partition coefficient (Wildman–Crippen LogP) is 1.20. The third kappa shape index (κ3) is 2.97. The van der Waals surface area contributed by atoms with Gasteiger partial charge in [0.25, 0.3) is 5.91 Å². The Bertz CT molecular complexity index is 721. The fraction of sp³-hybridized carbons (Fsp3) is 0.357. The van der Waals surface area contributed by atoms with Gasteiger partial charge in [-0.3, -0.25) is 9.59 Å². The Balaban J connectivity index is 1.71. The number of carbonyl (C=O) groups excluding carboxylic acids is 2. The number of amides is 2. The van der Waals surface area contributed by atoms with Crippen LogP contribution in [0.2, 0.25) is 0 Å². The Kier molecular flexibility index (Phi) is 3.50. The molecule has 1 aliphatic carbocycles.